The van der Waals surface area contributed by atoms with Gasteiger partial charge in [0.1, 0.15) is 0 Å². The fourth-order valence-corrected chi connectivity index (χ4v) is 4.30. The van der Waals surface area contributed by atoms with E-state index in [2.05, 4.69) is 10.0 Å². The Labute approximate surface area is 121 Å². The molecule has 2 aliphatic heterocycles. The summed E-state index contributed by atoms with van der Waals surface area (Å²) in [6.07, 6.45) is 5.12. The standard InChI is InChI=1S/C13H25N3O3S/c1-16-10-12(5-6-13(16)17)15-20(18,19)9-7-11-4-2-3-8-14-11/h11-12,14-15H,2-10H2,1H3. The second kappa shape index (κ2) is 6.87. The van der Waals surface area contributed by atoms with E-state index in [4.69, 9.17) is 0 Å². The van der Waals surface area contributed by atoms with Crippen molar-refractivity contribution in [2.24, 2.45) is 0 Å². The zero-order valence-electron chi connectivity index (χ0n) is 12.1. The molecule has 1 amide bonds. The lowest BCUT2D eigenvalue weighted by Gasteiger charge is -2.30. The minimum Gasteiger partial charge on any atom is -0.344 e. The molecule has 7 heteroatoms. The number of likely N-dealkylation sites (tertiary alicyclic amines) is 1. The van der Waals surface area contributed by atoms with Crippen molar-refractivity contribution in [3.8, 4) is 0 Å². The van der Waals surface area contributed by atoms with Gasteiger partial charge >= 0.3 is 0 Å². The van der Waals surface area contributed by atoms with E-state index in [0.29, 0.717) is 31.8 Å². The summed E-state index contributed by atoms with van der Waals surface area (Å²) in [5.74, 6) is 0.255. The Kier molecular flexibility index (Phi) is 5.40. The first-order chi connectivity index (χ1) is 9.46. The van der Waals surface area contributed by atoms with Crippen LogP contribution >= 0.6 is 0 Å². The number of sulfonamides is 1. The van der Waals surface area contributed by atoms with Gasteiger partial charge in [0, 0.05) is 32.1 Å². The topological polar surface area (TPSA) is 78.5 Å². The molecule has 0 saturated carbocycles. The number of amides is 1. The van der Waals surface area contributed by atoms with Crippen LogP contribution in [0.1, 0.15) is 38.5 Å². The summed E-state index contributed by atoms with van der Waals surface area (Å²) in [4.78, 5) is 13.0. The molecule has 2 unspecified atom stereocenters. The molecule has 0 aromatic rings. The SMILES string of the molecule is CN1CC(NS(=O)(=O)CCC2CCCCN2)CCC1=O. The number of likely N-dealkylation sites (N-methyl/N-ethyl adjacent to an activating group) is 1. The van der Waals surface area contributed by atoms with Crippen molar-refractivity contribution in [2.75, 3.05) is 25.9 Å². The molecule has 0 bridgehead atoms. The summed E-state index contributed by atoms with van der Waals surface area (Å²) in [5.41, 5.74) is 0. The lowest BCUT2D eigenvalue weighted by molar-refractivity contribution is -0.132. The average molecular weight is 303 g/mol. The van der Waals surface area contributed by atoms with Gasteiger partial charge in [-0.05, 0) is 32.2 Å². The molecule has 0 aromatic heterocycles. The summed E-state index contributed by atoms with van der Waals surface area (Å²) >= 11 is 0. The van der Waals surface area contributed by atoms with Crippen LogP contribution in [-0.4, -0.2) is 57.2 Å². The van der Waals surface area contributed by atoms with Crippen molar-refractivity contribution >= 4 is 15.9 Å². The van der Waals surface area contributed by atoms with Gasteiger partial charge in [0.25, 0.3) is 0 Å². The van der Waals surface area contributed by atoms with Crippen LogP contribution in [0.15, 0.2) is 0 Å². The molecule has 2 fully saturated rings. The molecule has 0 radical (unpaired) electrons. The van der Waals surface area contributed by atoms with Gasteiger partial charge in [-0.15, -0.1) is 0 Å². The highest BCUT2D eigenvalue weighted by Crippen LogP contribution is 2.13. The largest absolute Gasteiger partial charge is 0.344 e. The monoisotopic (exact) mass is 303 g/mol. The van der Waals surface area contributed by atoms with Crippen LogP contribution in [-0.2, 0) is 14.8 Å². The molecule has 0 aromatic carbocycles. The van der Waals surface area contributed by atoms with Gasteiger partial charge in [0.05, 0.1) is 5.75 Å². The van der Waals surface area contributed by atoms with Crippen molar-refractivity contribution in [2.45, 2.75) is 50.6 Å². The summed E-state index contributed by atoms with van der Waals surface area (Å²) in [6.45, 7) is 1.47. The van der Waals surface area contributed by atoms with Gasteiger partial charge in [0.15, 0.2) is 0 Å². The molecular weight excluding hydrogens is 278 g/mol. The van der Waals surface area contributed by atoms with Gasteiger partial charge < -0.3 is 10.2 Å². The highest BCUT2D eigenvalue weighted by molar-refractivity contribution is 7.89. The zero-order chi connectivity index (χ0) is 14.6. The van der Waals surface area contributed by atoms with Crippen molar-refractivity contribution in [3.05, 3.63) is 0 Å². The van der Waals surface area contributed by atoms with E-state index < -0.39 is 10.0 Å². The van der Waals surface area contributed by atoms with E-state index in [1.807, 2.05) is 0 Å². The maximum atomic E-state index is 12.1. The third kappa shape index (κ3) is 4.71. The Morgan fingerprint density at radius 2 is 2.15 bits per heavy atom. The molecule has 20 heavy (non-hydrogen) atoms. The molecular formula is C13H25N3O3S. The Morgan fingerprint density at radius 1 is 1.35 bits per heavy atom. The quantitative estimate of drug-likeness (QED) is 0.753. The first-order valence-electron chi connectivity index (χ1n) is 7.43. The van der Waals surface area contributed by atoms with Crippen LogP contribution in [0.25, 0.3) is 0 Å². The van der Waals surface area contributed by atoms with Crippen molar-refractivity contribution in [1.82, 2.24) is 14.9 Å². The zero-order valence-corrected chi connectivity index (χ0v) is 12.9. The first-order valence-corrected chi connectivity index (χ1v) is 9.09. The Hall–Kier alpha value is -0.660. The number of carbonyl (C=O) groups is 1. The van der Waals surface area contributed by atoms with E-state index in [1.54, 1.807) is 11.9 Å². The predicted molar refractivity (Wildman–Crippen MR) is 77.8 cm³/mol. The normalized spacial score (nSPS) is 28.6. The van der Waals surface area contributed by atoms with E-state index >= 15 is 0 Å². The van der Waals surface area contributed by atoms with Gasteiger partial charge in [-0.25, -0.2) is 13.1 Å². The Bertz CT molecular complexity index is 432. The lowest BCUT2D eigenvalue weighted by atomic mass is 10.0. The smallest absolute Gasteiger partial charge is 0.222 e. The van der Waals surface area contributed by atoms with Crippen LogP contribution in [0.4, 0.5) is 0 Å². The van der Waals surface area contributed by atoms with E-state index in [-0.39, 0.29) is 17.7 Å². The summed E-state index contributed by atoms with van der Waals surface area (Å²) < 4.78 is 26.9. The molecule has 0 spiro atoms. The fourth-order valence-electron chi connectivity index (χ4n) is 2.89. The van der Waals surface area contributed by atoms with Crippen molar-refractivity contribution in [1.29, 1.82) is 0 Å². The van der Waals surface area contributed by atoms with Crippen LogP contribution < -0.4 is 10.0 Å². The summed E-state index contributed by atoms with van der Waals surface area (Å²) in [7, 11) is -1.53. The van der Waals surface area contributed by atoms with Crippen molar-refractivity contribution < 1.29 is 13.2 Å². The molecule has 2 aliphatic rings. The van der Waals surface area contributed by atoms with Crippen LogP contribution in [0, 0.1) is 0 Å². The van der Waals surface area contributed by atoms with Crippen LogP contribution in [0.3, 0.4) is 0 Å². The number of piperidine rings is 2. The second-order valence-corrected chi connectivity index (χ2v) is 7.76. The number of nitrogens with one attached hydrogen (secondary N) is 2. The highest BCUT2D eigenvalue weighted by atomic mass is 32.2. The molecule has 6 nitrogen and oxygen atoms in total. The van der Waals surface area contributed by atoms with E-state index in [0.717, 1.165) is 13.0 Å². The predicted octanol–water partition coefficient (Wildman–Crippen LogP) is 0.0588. The van der Waals surface area contributed by atoms with Gasteiger partial charge in [0.2, 0.25) is 15.9 Å². The summed E-state index contributed by atoms with van der Waals surface area (Å²) in [6, 6.07) is 0.193. The molecule has 116 valence electrons. The second-order valence-electron chi connectivity index (χ2n) is 5.88. The number of hydrogen-bond acceptors (Lipinski definition) is 4. The van der Waals surface area contributed by atoms with Gasteiger partial charge in [-0.3, -0.25) is 4.79 Å². The first kappa shape index (κ1) is 15.7. The lowest BCUT2D eigenvalue weighted by Crippen LogP contribution is -2.49. The molecule has 2 heterocycles. The van der Waals surface area contributed by atoms with Crippen molar-refractivity contribution in [3.63, 3.8) is 0 Å². The average Bonchev–Trinajstić information content (AvgIpc) is 2.42. The molecule has 2 rings (SSSR count). The van der Waals surface area contributed by atoms with E-state index in [9.17, 15) is 13.2 Å². The van der Waals surface area contributed by atoms with Gasteiger partial charge in [-0.2, -0.15) is 0 Å². The molecule has 2 N–H and O–H groups in total. The Morgan fingerprint density at radius 3 is 2.80 bits per heavy atom. The van der Waals surface area contributed by atoms with Crippen LogP contribution in [0.2, 0.25) is 0 Å². The summed E-state index contributed by atoms with van der Waals surface area (Å²) in [5, 5.41) is 3.36. The maximum Gasteiger partial charge on any atom is 0.222 e. The van der Waals surface area contributed by atoms with Crippen LogP contribution in [0.5, 0.6) is 0 Å². The van der Waals surface area contributed by atoms with E-state index in [1.165, 1.54) is 12.8 Å². The number of nitrogens with zero attached hydrogens (tertiary/aromatic N) is 1. The molecule has 0 aliphatic carbocycles. The molecule has 2 saturated heterocycles. The Balaban J connectivity index is 1.77. The number of hydrogen-bond donors (Lipinski definition) is 2. The minimum absolute atomic E-state index is 0.0897. The maximum absolute atomic E-state index is 12.1. The van der Waals surface area contributed by atoms with Gasteiger partial charge in [-0.1, -0.05) is 6.42 Å². The fraction of sp³-hybridized carbons (Fsp3) is 0.923. The highest BCUT2D eigenvalue weighted by Gasteiger charge is 2.26. The third-order valence-electron chi connectivity index (χ3n) is 4.12. The molecule has 2 atom stereocenters. The number of rotatable bonds is 5. The third-order valence-corrected chi connectivity index (χ3v) is 5.59. The number of carbonyl (C=O) groups excluding carboxylic acids is 1. The minimum atomic E-state index is -3.25.